The Hall–Kier alpha value is -0.0400. The van der Waals surface area contributed by atoms with Gasteiger partial charge in [-0.3, -0.25) is 0 Å². The first-order valence-electron chi connectivity index (χ1n) is 6.60. The van der Waals surface area contributed by atoms with Crippen LogP contribution >= 0.6 is 0 Å². The van der Waals surface area contributed by atoms with Crippen molar-refractivity contribution in [3.05, 3.63) is 0 Å². The van der Waals surface area contributed by atoms with Crippen LogP contribution in [-0.2, 0) is 0 Å². The van der Waals surface area contributed by atoms with Crippen LogP contribution in [0, 0.1) is 17.3 Å². The van der Waals surface area contributed by atoms with Crippen LogP contribution in [0.5, 0.6) is 0 Å². The number of hydrogen-bond acceptors (Lipinski definition) is 1. The summed E-state index contributed by atoms with van der Waals surface area (Å²) in [6, 6.07) is 0. The average Bonchev–Trinajstić information content (AvgIpc) is 2.15. The van der Waals surface area contributed by atoms with E-state index in [-0.39, 0.29) is 6.10 Å². The van der Waals surface area contributed by atoms with Gasteiger partial charge in [-0.2, -0.15) is 0 Å². The summed E-state index contributed by atoms with van der Waals surface area (Å²) in [5.74, 6) is 1.45. The Kier molecular flexibility index (Phi) is 4.64. The molecule has 1 aliphatic rings. The molecule has 1 rings (SSSR count). The predicted octanol–water partition coefficient (Wildman–Crippen LogP) is 4.00. The van der Waals surface area contributed by atoms with Gasteiger partial charge in [-0.05, 0) is 49.4 Å². The minimum atomic E-state index is -0.0184. The monoisotopic (exact) mass is 212 g/mol. The molecule has 0 aromatic heterocycles. The molecular weight excluding hydrogens is 184 g/mol. The van der Waals surface area contributed by atoms with E-state index in [9.17, 15) is 5.11 Å². The second-order valence-corrected chi connectivity index (χ2v) is 6.51. The molecule has 3 unspecified atom stereocenters. The lowest BCUT2D eigenvalue weighted by atomic mass is 9.74. The van der Waals surface area contributed by atoms with Gasteiger partial charge in [0, 0.05) is 0 Å². The number of aliphatic hydroxyl groups is 1. The quantitative estimate of drug-likeness (QED) is 0.749. The van der Waals surface area contributed by atoms with Gasteiger partial charge >= 0.3 is 0 Å². The topological polar surface area (TPSA) is 20.2 Å². The van der Waals surface area contributed by atoms with E-state index in [1.807, 2.05) is 0 Å². The lowest BCUT2D eigenvalue weighted by Crippen LogP contribution is -2.29. The molecule has 1 N–H and O–H groups in total. The smallest absolute Gasteiger partial charge is 0.0568 e. The second-order valence-electron chi connectivity index (χ2n) is 6.51. The van der Waals surface area contributed by atoms with E-state index < -0.39 is 0 Å². The van der Waals surface area contributed by atoms with Crippen LogP contribution in [0.2, 0.25) is 0 Å². The second kappa shape index (κ2) is 5.34. The third-order valence-corrected chi connectivity index (χ3v) is 3.89. The summed E-state index contributed by atoms with van der Waals surface area (Å²) in [5, 5.41) is 9.98. The minimum Gasteiger partial charge on any atom is -0.393 e. The van der Waals surface area contributed by atoms with E-state index in [0.29, 0.717) is 11.3 Å². The highest BCUT2D eigenvalue weighted by molar-refractivity contribution is 4.80. The van der Waals surface area contributed by atoms with Gasteiger partial charge < -0.3 is 5.11 Å². The molecule has 1 aliphatic carbocycles. The molecule has 0 heterocycles. The molecule has 0 bridgehead atoms. The summed E-state index contributed by atoms with van der Waals surface area (Å²) < 4.78 is 0. The zero-order valence-corrected chi connectivity index (χ0v) is 10.9. The van der Waals surface area contributed by atoms with Crippen molar-refractivity contribution in [2.75, 3.05) is 0 Å². The Balaban J connectivity index is 2.38. The van der Waals surface area contributed by atoms with Gasteiger partial charge in [-0.15, -0.1) is 0 Å². The van der Waals surface area contributed by atoms with E-state index >= 15 is 0 Å². The molecule has 0 aliphatic heterocycles. The van der Waals surface area contributed by atoms with E-state index in [4.69, 9.17) is 0 Å². The Bertz CT molecular complexity index is 180. The molecule has 1 saturated carbocycles. The van der Waals surface area contributed by atoms with E-state index in [1.165, 1.54) is 32.1 Å². The van der Waals surface area contributed by atoms with Gasteiger partial charge in [-0.1, -0.05) is 34.1 Å². The van der Waals surface area contributed by atoms with Gasteiger partial charge in [0.15, 0.2) is 0 Å². The first kappa shape index (κ1) is 13.0. The number of rotatable bonds is 3. The summed E-state index contributed by atoms with van der Waals surface area (Å²) >= 11 is 0. The largest absolute Gasteiger partial charge is 0.393 e. The highest BCUT2D eigenvalue weighted by atomic mass is 16.3. The fourth-order valence-corrected chi connectivity index (χ4v) is 2.64. The fraction of sp³-hybridized carbons (Fsp3) is 1.00. The summed E-state index contributed by atoms with van der Waals surface area (Å²) in [7, 11) is 0. The van der Waals surface area contributed by atoms with Crippen molar-refractivity contribution in [3.8, 4) is 0 Å². The normalized spacial score (nSPS) is 33.0. The predicted molar refractivity (Wildman–Crippen MR) is 65.8 cm³/mol. The summed E-state index contributed by atoms with van der Waals surface area (Å²) in [4.78, 5) is 0. The third-order valence-electron chi connectivity index (χ3n) is 3.89. The summed E-state index contributed by atoms with van der Waals surface area (Å²) in [5.41, 5.74) is 0.416. The summed E-state index contributed by atoms with van der Waals surface area (Å²) in [6.45, 7) is 9.15. The highest BCUT2D eigenvalue weighted by Gasteiger charge is 2.28. The zero-order chi connectivity index (χ0) is 11.5. The Labute approximate surface area is 95.3 Å². The van der Waals surface area contributed by atoms with Gasteiger partial charge in [0.05, 0.1) is 6.10 Å². The van der Waals surface area contributed by atoms with Crippen LogP contribution < -0.4 is 0 Å². The molecule has 1 fully saturated rings. The number of aliphatic hydroxyl groups excluding tert-OH is 1. The van der Waals surface area contributed by atoms with E-state index in [1.54, 1.807) is 0 Å². The molecule has 1 heteroatoms. The maximum absolute atomic E-state index is 9.98. The molecule has 90 valence electrons. The Morgan fingerprint density at radius 1 is 1.20 bits per heavy atom. The third kappa shape index (κ3) is 4.55. The highest BCUT2D eigenvalue weighted by Crippen LogP contribution is 2.36. The lowest BCUT2D eigenvalue weighted by molar-refractivity contribution is 0.0375. The Morgan fingerprint density at radius 3 is 2.40 bits per heavy atom. The molecule has 15 heavy (non-hydrogen) atoms. The van der Waals surface area contributed by atoms with Crippen LogP contribution in [0.15, 0.2) is 0 Å². The molecule has 0 amide bonds. The maximum Gasteiger partial charge on any atom is 0.0568 e. The molecular formula is C14H28O. The molecule has 1 nitrogen and oxygen atoms in total. The van der Waals surface area contributed by atoms with Crippen molar-refractivity contribution in [1.82, 2.24) is 0 Å². The van der Waals surface area contributed by atoms with Crippen molar-refractivity contribution >= 4 is 0 Å². The maximum atomic E-state index is 9.98. The van der Waals surface area contributed by atoms with Crippen LogP contribution in [0.3, 0.4) is 0 Å². The number of hydrogen-bond donors (Lipinski definition) is 1. The van der Waals surface area contributed by atoms with Gasteiger partial charge in [0.1, 0.15) is 0 Å². The fourth-order valence-electron chi connectivity index (χ4n) is 2.64. The van der Waals surface area contributed by atoms with Gasteiger partial charge in [0.2, 0.25) is 0 Å². The van der Waals surface area contributed by atoms with Crippen molar-refractivity contribution in [2.45, 2.75) is 72.3 Å². The Morgan fingerprint density at radius 2 is 1.87 bits per heavy atom. The van der Waals surface area contributed by atoms with Crippen LogP contribution in [0.4, 0.5) is 0 Å². The zero-order valence-electron chi connectivity index (χ0n) is 10.9. The first-order valence-corrected chi connectivity index (χ1v) is 6.60. The van der Waals surface area contributed by atoms with Gasteiger partial charge in [0.25, 0.3) is 0 Å². The van der Waals surface area contributed by atoms with Crippen LogP contribution in [0.1, 0.15) is 66.2 Å². The molecule has 0 aromatic carbocycles. The molecule has 0 aromatic rings. The molecule has 0 saturated heterocycles. The van der Waals surface area contributed by atoms with Crippen LogP contribution in [0.25, 0.3) is 0 Å². The van der Waals surface area contributed by atoms with Crippen molar-refractivity contribution < 1.29 is 5.11 Å². The lowest BCUT2D eigenvalue weighted by Gasteiger charge is -2.34. The van der Waals surface area contributed by atoms with Crippen molar-refractivity contribution in [1.29, 1.82) is 0 Å². The van der Waals surface area contributed by atoms with Crippen molar-refractivity contribution in [3.63, 3.8) is 0 Å². The van der Waals surface area contributed by atoms with E-state index in [0.717, 1.165) is 12.3 Å². The van der Waals surface area contributed by atoms with Crippen LogP contribution in [-0.4, -0.2) is 11.2 Å². The summed E-state index contributed by atoms with van der Waals surface area (Å²) in [6.07, 6.45) is 7.26. The molecule has 0 radical (unpaired) electrons. The SMILES string of the molecule is CCC1CCC(O)C(CCC(C)(C)C)C1. The van der Waals surface area contributed by atoms with E-state index in [2.05, 4.69) is 27.7 Å². The van der Waals surface area contributed by atoms with Gasteiger partial charge in [-0.25, -0.2) is 0 Å². The van der Waals surface area contributed by atoms with Crippen molar-refractivity contribution in [2.24, 2.45) is 17.3 Å². The first-order chi connectivity index (χ1) is 6.92. The molecule has 0 spiro atoms. The standard InChI is InChI=1S/C14H28O/c1-5-11-6-7-13(15)12(10-11)8-9-14(2,3)4/h11-13,15H,5-10H2,1-4H3. The minimum absolute atomic E-state index is 0.0184. The average molecular weight is 212 g/mol. The molecule has 3 atom stereocenters.